The van der Waals surface area contributed by atoms with Crippen LogP contribution >= 0.6 is 0 Å². The second-order valence-electron chi connectivity index (χ2n) is 5.84. The molecular weight excluding hydrogens is 202 g/mol. The molecule has 16 heavy (non-hydrogen) atoms. The standard InChI is InChI=1S/C11H23N5/c1-9(2)6-12-7-10-13-14-15-16(10)8-11(3,4)5/h9,12H,6-8H2,1-5H3. The van der Waals surface area contributed by atoms with Gasteiger partial charge in [-0.1, -0.05) is 34.6 Å². The number of aromatic nitrogens is 4. The summed E-state index contributed by atoms with van der Waals surface area (Å²) in [7, 11) is 0. The molecule has 0 aliphatic rings. The predicted molar refractivity (Wildman–Crippen MR) is 63.8 cm³/mol. The molecule has 5 nitrogen and oxygen atoms in total. The number of hydrogen-bond acceptors (Lipinski definition) is 4. The summed E-state index contributed by atoms with van der Waals surface area (Å²) in [6.07, 6.45) is 0. The molecule has 0 aliphatic heterocycles. The van der Waals surface area contributed by atoms with Crippen molar-refractivity contribution in [3.63, 3.8) is 0 Å². The molecule has 0 fully saturated rings. The first-order chi connectivity index (χ1) is 7.38. The molecule has 0 radical (unpaired) electrons. The second kappa shape index (κ2) is 5.39. The molecule has 92 valence electrons. The van der Waals surface area contributed by atoms with Crippen molar-refractivity contribution in [1.82, 2.24) is 25.5 Å². The molecule has 0 spiro atoms. The first kappa shape index (κ1) is 13.1. The number of nitrogens with zero attached hydrogens (tertiary/aromatic N) is 4. The third-order valence-electron chi connectivity index (χ3n) is 2.07. The molecule has 1 aromatic heterocycles. The molecule has 0 amide bonds. The highest BCUT2D eigenvalue weighted by Gasteiger charge is 2.15. The van der Waals surface area contributed by atoms with Crippen LogP contribution in [0.4, 0.5) is 0 Å². The van der Waals surface area contributed by atoms with Gasteiger partial charge in [-0.05, 0) is 28.3 Å². The van der Waals surface area contributed by atoms with Gasteiger partial charge in [0.2, 0.25) is 0 Å². The molecule has 0 unspecified atom stereocenters. The monoisotopic (exact) mass is 225 g/mol. The molecule has 0 aromatic carbocycles. The van der Waals surface area contributed by atoms with Crippen LogP contribution in [0, 0.1) is 11.3 Å². The summed E-state index contributed by atoms with van der Waals surface area (Å²) in [6, 6.07) is 0. The summed E-state index contributed by atoms with van der Waals surface area (Å²) >= 11 is 0. The van der Waals surface area contributed by atoms with Crippen LogP contribution in [0.5, 0.6) is 0 Å². The molecule has 1 rings (SSSR count). The Labute approximate surface area is 97.6 Å². The molecule has 0 bridgehead atoms. The Morgan fingerprint density at radius 3 is 2.56 bits per heavy atom. The highest BCUT2D eigenvalue weighted by atomic mass is 15.5. The van der Waals surface area contributed by atoms with Crippen molar-refractivity contribution in [3.8, 4) is 0 Å². The number of hydrogen-bond donors (Lipinski definition) is 1. The van der Waals surface area contributed by atoms with E-state index in [1.54, 1.807) is 0 Å². The summed E-state index contributed by atoms with van der Waals surface area (Å²) in [4.78, 5) is 0. The van der Waals surface area contributed by atoms with Crippen molar-refractivity contribution in [2.45, 2.75) is 47.7 Å². The van der Waals surface area contributed by atoms with E-state index in [4.69, 9.17) is 0 Å². The van der Waals surface area contributed by atoms with Crippen molar-refractivity contribution in [2.24, 2.45) is 11.3 Å². The lowest BCUT2D eigenvalue weighted by Crippen LogP contribution is -2.24. The Bertz CT molecular complexity index is 310. The van der Waals surface area contributed by atoms with E-state index < -0.39 is 0 Å². The predicted octanol–water partition coefficient (Wildman–Crippen LogP) is 1.46. The van der Waals surface area contributed by atoms with Crippen molar-refractivity contribution >= 4 is 0 Å². The van der Waals surface area contributed by atoms with Crippen LogP contribution in [-0.4, -0.2) is 26.8 Å². The smallest absolute Gasteiger partial charge is 0.165 e. The van der Waals surface area contributed by atoms with Gasteiger partial charge < -0.3 is 5.32 Å². The lowest BCUT2D eigenvalue weighted by Gasteiger charge is -2.18. The normalized spacial score (nSPS) is 12.4. The lowest BCUT2D eigenvalue weighted by molar-refractivity contribution is 0.313. The average Bonchev–Trinajstić information content (AvgIpc) is 2.49. The summed E-state index contributed by atoms with van der Waals surface area (Å²) < 4.78 is 1.88. The van der Waals surface area contributed by atoms with E-state index in [1.165, 1.54) is 0 Å². The topological polar surface area (TPSA) is 55.6 Å². The van der Waals surface area contributed by atoms with Gasteiger partial charge in [0, 0.05) is 6.54 Å². The second-order valence-corrected chi connectivity index (χ2v) is 5.84. The zero-order valence-corrected chi connectivity index (χ0v) is 11.0. The summed E-state index contributed by atoms with van der Waals surface area (Å²) in [6.45, 7) is 13.5. The van der Waals surface area contributed by atoms with E-state index in [-0.39, 0.29) is 5.41 Å². The largest absolute Gasteiger partial charge is 0.310 e. The van der Waals surface area contributed by atoms with Gasteiger partial charge in [-0.25, -0.2) is 4.68 Å². The van der Waals surface area contributed by atoms with Crippen LogP contribution in [0.2, 0.25) is 0 Å². The van der Waals surface area contributed by atoms with E-state index in [2.05, 4.69) is 55.5 Å². The molecule has 0 saturated carbocycles. The molecule has 0 atom stereocenters. The minimum Gasteiger partial charge on any atom is -0.310 e. The van der Waals surface area contributed by atoms with Gasteiger partial charge in [0.25, 0.3) is 0 Å². The fourth-order valence-corrected chi connectivity index (χ4v) is 1.39. The van der Waals surface area contributed by atoms with Gasteiger partial charge in [0.05, 0.1) is 6.54 Å². The van der Waals surface area contributed by atoms with Crippen molar-refractivity contribution in [1.29, 1.82) is 0 Å². The Kier molecular flexibility index (Phi) is 4.41. The van der Waals surface area contributed by atoms with Crippen LogP contribution in [0.1, 0.15) is 40.4 Å². The van der Waals surface area contributed by atoms with Crippen molar-refractivity contribution in [2.75, 3.05) is 6.54 Å². The van der Waals surface area contributed by atoms with E-state index in [0.717, 1.165) is 25.5 Å². The van der Waals surface area contributed by atoms with E-state index in [9.17, 15) is 0 Å². The average molecular weight is 225 g/mol. The van der Waals surface area contributed by atoms with E-state index >= 15 is 0 Å². The van der Waals surface area contributed by atoms with Gasteiger partial charge in [0.1, 0.15) is 0 Å². The van der Waals surface area contributed by atoms with Crippen LogP contribution < -0.4 is 5.32 Å². The molecule has 1 N–H and O–H groups in total. The quantitative estimate of drug-likeness (QED) is 0.824. The summed E-state index contributed by atoms with van der Waals surface area (Å²) in [5.41, 5.74) is 0.197. The Balaban J connectivity index is 2.51. The fourth-order valence-electron chi connectivity index (χ4n) is 1.39. The maximum absolute atomic E-state index is 4.04. The Morgan fingerprint density at radius 1 is 1.31 bits per heavy atom. The van der Waals surface area contributed by atoms with Crippen LogP contribution in [0.15, 0.2) is 0 Å². The van der Waals surface area contributed by atoms with Gasteiger partial charge in [0.15, 0.2) is 5.82 Å². The van der Waals surface area contributed by atoms with Crippen molar-refractivity contribution in [3.05, 3.63) is 5.82 Å². The molecular formula is C11H23N5. The van der Waals surface area contributed by atoms with Crippen LogP contribution in [-0.2, 0) is 13.1 Å². The van der Waals surface area contributed by atoms with Crippen LogP contribution in [0.3, 0.4) is 0 Å². The Morgan fingerprint density at radius 2 is 2.00 bits per heavy atom. The Hall–Kier alpha value is -0.970. The molecule has 1 heterocycles. The van der Waals surface area contributed by atoms with Gasteiger partial charge in [-0.15, -0.1) is 5.10 Å². The molecule has 0 aliphatic carbocycles. The first-order valence-electron chi connectivity index (χ1n) is 5.84. The van der Waals surface area contributed by atoms with Gasteiger partial charge >= 0.3 is 0 Å². The molecule has 1 aromatic rings. The zero-order valence-electron chi connectivity index (χ0n) is 11.0. The number of tetrazole rings is 1. The highest BCUT2D eigenvalue weighted by Crippen LogP contribution is 2.15. The summed E-state index contributed by atoms with van der Waals surface area (Å²) in [5, 5.41) is 15.1. The third kappa shape index (κ3) is 4.70. The number of rotatable bonds is 5. The van der Waals surface area contributed by atoms with Crippen LogP contribution in [0.25, 0.3) is 0 Å². The molecule has 5 heteroatoms. The minimum atomic E-state index is 0.197. The summed E-state index contributed by atoms with van der Waals surface area (Å²) in [5.74, 6) is 1.56. The van der Waals surface area contributed by atoms with Gasteiger partial charge in [-0.3, -0.25) is 0 Å². The molecule has 0 saturated heterocycles. The zero-order chi connectivity index (χ0) is 12.2. The maximum Gasteiger partial charge on any atom is 0.165 e. The van der Waals surface area contributed by atoms with E-state index in [1.807, 2.05) is 4.68 Å². The fraction of sp³-hybridized carbons (Fsp3) is 0.909. The highest BCUT2D eigenvalue weighted by molar-refractivity contribution is 4.81. The van der Waals surface area contributed by atoms with Gasteiger partial charge in [-0.2, -0.15) is 0 Å². The maximum atomic E-state index is 4.04. The van der Waals surface area contributed by atoms with E-state index in [0.29, 0.717) is 5.92 Å². The lowest BCUT2D eigenvalue weighted by atomic mass is 9.97. The van der Waals surface area contributed by atoms with Crippen molar-refractivity contribution < 1.29 is 0 Å². The number of nitrogens with one attached hydrogen (secondary N) is 1. The third-order valence-corrected chi connectivity index (χ3v) is 2.07. The SMILES string of the molecule is CC(C)CNCc1nnnn1CC(C)(C)C. The minimum absolute atomic E-state index is 0.197. The first-order valence-corrected chi connectivity index (χ1v) is 5.84.